The number of aliphatic hydroxyl groups excluding tert-OH is 1. The number of carbonyl (C=O) groups excluding carboxylic acids is 1. The highest BCUT2D eigenvalue weighted by Gasteiger charge is 2.25. The average Bonchev–Trinajstić information content (AvgIpc) is 2.72. The first kappa shape index (κ1) is 15.8. The molecule has 1 saturated carbocycles. The molecule has 2 N–H and O–H groups in total. The van der Waals surface area contributed by atoms with E-state index in [0.717, 1.165) is 31.5 Å². The molecule has 0 radical (unpaired) electrons. The monoisotopic (exact) mass is 291 g/mol. The standard InChI is InChI=1S/C16H25N3O2/c1-19(2)15-10-12(8-9-17-15)16(21)18-14-7-5-3-4-6-13(14)11-20/h8-10,13-14,20H,3-7,11H2,1-2H3,(H,18,21). The second-order valence-electron chi connectivity index (χ2n) is 5.96. The second kappa shape index (κ2) is 7.41. The first-order valence-electron chi connectivity index (χ1n) is 7.67. The van der Waals surface area contributed by atoms with Crippen molar-refractivity contribution in [2.24, 2.45) is 5.92 Å². The number of hydrogen-bond donors (Lipinski definition) is 2. The summed E-state index contributed by atoms with van der Waals surface area (Å²) in [6.07, 6.45) is 7.02. The molecular formula is C16H25N3O2. The summed E-state index contributed by atoms with van der Waals surface area (Å²) in [5.74, 6) is 0.861. The van der Waals surface area contributed by atoms with E-state index in [1.165, 1.54) is 6.42 Å². The highest BCUT2D eigenvalue weighted by molar-refractivity contribution is 5.95. The van der Waals surface area contributed by atoms with E-state index in [-0.39, 0.29) is 24.5 Å². The van der Waals surface area contributed by atoms with E-state index in [0.29, 0.717) is 5.56 Å². The number of rotatable bonds is 4. The fraction of sp³-hybridized carbons (Fsp3) is 0.625. The normalized spacial score (nSPS) is 22.4. The van der Waals surface area contributed by atoms with Crippen molar-refractivity contribution < 1.29 is 9.90 Å². The Bertz CT molecular complexity index is 476. The lowest BCUT2D eigenvalue weighted by molar-refractivity contribution is 0.0899. The predicted molar refractivity (Wildman–Crippen MR) is 83.5 cm³/mol. The first-order valence-corrected chi connectivity index (χ1v) is 7.67. The molecule has 1 aliphatic carbocycles. The van der Waals surface area contributed by atoms with Crippen LogP contribution in [0.5, 0.6) is 0 Å². The van der Waals surface area contributed by atoms with Gasteiger partial charge in [0.05, 0.1) is 0 Å². The molecule has 0 bridgehead atoms. The van der Waals surface area contributed by atoms with Crippen LogP contribution in [0.15, 0.2) is 18.3 Å². The zero-order chi connectivity index (χ0) is 15.2. The number of nitrogens with zero attached hydrogens (tertiary/aromatic N) is 2. The van der Waals surface area contributed by atoms with Gasteiger partial charge in [-0.05, 0) is 25.0 Å². The topological polar surface area (TPSA) is 65.5 Å². The Kier molecular flexibility index (Phi) is 5.56. The third-order valence-corrected chi connectivity index (χ3v) is 4.18. The average molecular weight is 291 g/mol. The summed E-state index contributed by atoms with van der Waals surface area (Å²) in [5.41, 5.74) is 0.620. The molecule has 1 aromatic rings. The van der Waals surface area contributed by atoms with E-state index in [1.54, 1.807) is 18.3 Å². The van der Waals surface area contributed by atoms with Crippen LogP contribution in [0.25, 0.3) is 0 Å². The molecular weight excluding hydrogens is 266 g/mol. The number of aromatic nitrogens is 1. The van der Waals surface area contributed by atoms with Crippen LogP contribution in [0.2, 0.25) is 0 Å². The SMILES string of the molecule is CN(C)c1cc(C(=O)NC2CCCCCC2CO)ccn1. The number of amides is 1. The molecule has 116 valence electrons. The van der Waals surface area contributed by atoms with E-state index in [1.807, 2.05) is 19.0 Å². The molecule has 2 rings (SSSR count). The molecule has 0 saturated heterocycles. The molecule has 1 aromatic heterocycles. The molecule has 1 aliphatic rings. The van der Waals surface area contributed by atoms with Gasteiger partial charge in [0.1, 0.15) is 5.82 Å². The van der Waals surface area contributed by atoms with Gasteiger partial charge in [0.2, 0.25) is 0 Å². The van der Waals surface area contributed by atoms with E-state index in [2.05, 4.69) is 10.3 Å². The maximum atomic E-state index is 12.4. The molecule has 21 heavy (non-hydrogen) atoms. The molecule has 5 heteroatoms. The van der Waals surface area contributed by atoms with Crippen molar-refractivity contribution in [1.29, 1.82) is 0 Å². The third-order valence-electron chi connectivity index (χ3n) is 4.18. The summed E-state index contributed by atoms with van der Waals surface area (Å²) in [6.45, 7) is 0.143. The van der Waals surface area contributed by atoms with Crippen molar-refractivity contribution in [2.75, 3.05) is 25.6 Å². The summed E-state index contributed by atoms with van der Waals surface area (Å²) in [4.78, 5) is 18.5. The third kappa shape index (κ3) is 4.17. The zero-order valence-corrected chi connectivity index (χ0v) is 12.9. The van der Waals surface area contributed by atoms with Gasteiger partial charge in [0.25, 0.3) is 5.91 Å². The van der Waals surface area contributed by atoms with Crippen molar-refractivity contribution in [2.45, 2.75) is 38.1 Å². The van der Waals surface area contributed by atoms with Crippen molar-refractivity contribution in [3.63, 3.8) is 0 Å². The van der Waals surface area contributed by atoms with Crippen LogP contribution < -0.4 is 10.2 Å². The van der Waals surface area contributed by atoms with Crippen LogP contribution >= 0.6 is 0 Å². The molecule has 5 nitrogen and oxygen atoms in total. The minimum atomic E-state index is -0.0779. The minimum Gasteiger partial charge on any atom is -0.396 e. The Hall–Kier alpha value is -1.62. The molecule has 0 spiro atoms. The van der Waals surface area contributed by atoms with Gasteiger partial charge in [0.15, 0.2) is 0 Å². The molecule has 0 aliphatic heterocycles. The van der Waals surface area contributed by atoms with Gasteiger partial charge in [-0.15, -0.1) is 0 Å². The molecule has 2 unspecified atom stereocenters. The van der Waals surface area contributed by atoms with Crippen molar-refractivity contribution in [3.05, 3.63) is 23.9 Å². The van der Waals surface area contributed by atoms with Crippen LogP contribution in [0, 0.1) is 5.92 Å². The maximum absolute atomic E-state index is 12.4. The summed E-state index contributed by atoms with van der Waals surface area (Å²) in [6, 6.07) is 3.59. The summed E-state index contributed by atoms with van der Waals surface area (Å²) in [7, 11) is 3.80. The summed E-state index contributed by atoms with van der Waals surface area (Å²) >= 11 is 0. The van der Waals surface area contributed by atoms with E-state index < -0.39 is 0 Å². The lowest BCUT2D eigenvalue weighted by Gasteiger charge is -2.24. The number of pyridine rings is 1. The largest absolute Gasteiger partial charge is 0.396 e. The molecule has 0 aromatic carbocycles. The second-order valence-corrected chi connectivity index (χ2v) is 5.96. The number of nitrogens with one attached hydrogen (secondary N) is 1. The van der Waals surface area contributed by atoms with Crippen molar-refractivity contribution in [1.82, 2.24) is 10.3 Å². The Labute approximate surface area is 126 Å². The minimum absolute atomic E-state index is 0.0703. The van der Waals surface area contributed by atoms with E-state index >= 15 is 0 Å². The fourth-order valence-corrected chi connectivity index (χ4v) is 2.85. The highest BCUT2D eigenvalue weighted by Crippen LogP contribution is 2.23. The quantitative estimate of drug-likeness (QED) is 0.831. The predicted octanol–water partition coefficient (Wildman–Crippen LogP) is 1.82. The summed E-state index contributed by atoms with van der Waals surface area (Å²) < 4.78 is 0. The molecule has 1 fully saturated rings. The zero-order valence-electron chi connectivity index (χ0n) is 12.9. The van der Waals surface area contributed by atoms with Gasteiger partial charge in [-0.2, -0.15) is 0 Å². The molecule has 1 heterocycles. The van der Waals surface area contributed by atoms with E-state index in [9.17, 15) is 9.90 Å². The fourth-order valence-electron chi connectivity index (χ4n) is 2.85. The highest BCUT2D eigenvalue weighted by atomic mass is 16.3. The Morgan fingerprint density at radius 2 is 2.14 bits per heavy atom. The van der Waals surface area contributed by atoms with Crippen molar-refractivity contribution >= 4 is 11.7 Å². The van der Waals surface area contributed by atoms with Gasteiger partial charge < -0.3 is 15.3 Å². The van der Waals surface area contributed by atoms with Crippen LogP contribution in [0.1, 0.15) is 42.5 Å². The lowest BCUT2D eigenvalue weighted by atomic mass is 9.95. The van der Waals surface area contributed by atoms with Gasteiger partial charge >= 0.3 is 0 Å². The molecule has 1 amide bonds. The van der Waals surface area contributed by atoms with Crippen LogP contribution in [0.4, 0.5) is 5.82 Å². The number of hydrogen-bond acceptors (Lipinski definition) is 4. The molecule has 2 atom stereocenters. The van der Waals surface area contributed by atoms with Gasteiger partial charge in [0, 0.05) is 44.4 Å². The van der Waals surface area contributed by atoms with Crippen LogP contribution in [-0.2, 0) is 0 Å². The van der Waals surface area contributed by atoms with Gasteiger partial charge in [-0.3, -0.25) is 4.79 Å². The van der Waals surface area contributed by atoms with Crippen molar-refractivity contribution in [3.8, 4) is 0 Å². The smallest absolute Gasteiger partial charge is 0.251 e. The number of carbonyl (C=O) groups is 1. The van der Waals surface area contributed by atoms with Crippen LogP contribution in [0.3, 0.4) is 0 Å². The Morgan fingerprint density at radius 3 is 2.86 bits per heavy atom. The number of aliphatic hydroxyl groups is 1. The summed E-state index contributed by atoms with van der Waals surface area (Å²) in [5, 5.41) is 12.6. The van der Waals surface area contributed by atoms with Gasteiger partial charge in [-0.25, -0.2) is 4.98 Å². The maximum Gasteiger partial charge on any atom is 0.251 e. The lowest BCUT2D eigenvalue weighted by Crippen LogP contribution is -2.41. The Morgan fingerprint density at radius 1 is 1.38 bits per heavy atom. The van der Waals surface area contributed by atoms with E-state index in [4.69, 9.17) is 0 Å². The number of anilines is 1. The van der Waals surface area contributed by atoms with Gasteiger partial charge in [-0.1, -0.05) is 19.3 Å². The first-order chi connectivity index (χ1) is 10.1. The van der Waals surface area contributed by atoms with Crippen LogP contribution in [-0.4, -0.2) is 42.7 Å². The Balaban J connectivity index is 2.07.